The molecule has 2 aromatic heterocycles. The number of anilines is 1. The molecule has 3 aromatic rings. The molecule has 4 atom stereocenters. The van der Waals surface area contributed by atoms with E-state index in [1.165, 1.54) is 10.9 Å². The molecule has 11 nitrogen and oxygen atoms in total. The van der Waals surface area contributed by atoms with E-state index in [-0.39, 0.29) is 36.5 Å². The predicted octanol–water partition coefficient (Wildman–Crippen LogP) is 2.61. The monoisotopic (exact) mass is 520 g/mol. The van der Waals surface area contributed by atoms with Crippen LogP contribution in [0.5, 0.6) is 0 Å². The molecular weight excluding hydrogens is 497 g/mol. The standard InChI is InChI=1S/C23H23F3N6O5/c1-3-22(9-36-12-33)13(2)15(30-21(35)23(24,25)26)20(37-22)32-11-29-16-17(27-10-28-18(16)32)31-19(34)14-7-5-4-6-8-14/h4-8,10-13,15,20H,3,9H2,1-2H3,(H,30,35)(H,27,28,31,34)/t13?,15-,20+,22+/m0/s1. The maximum absolute atomic E-state index is 13.1. The van der Waals surface area contributed by atoms with Gasteiger partial charge in [-0.25, -0.2) is 15.0 Å². The summed E-state index contributed by atoms with van der Waals surface area (Å²) < 4.78 is 51.9. The zero-order chi connectivity index (χ0) is 26.8. The van der Waals surface area contributed by atoms with E-state index in [9.17, 15) is 27.6 Å². The number of hydrogen-bond acceptors (Lipinski definition) is 8. The number of hydrogen-bond donors (Lipinski definition) is 2. The van der Waals surface area contributed by atoms with Crippen LogP contribution in [0.2, 0.25) is 0 Å². The summed E-state index contributed by atoms with van der Waals surface area (Å²) in [6.07, 6.45) is -3.64. The van der Waals surface area contributed by atoms with Crippen molar-refractivity contribution in [2.45, 2.75) is 44.3 Å². The van der Waals surface area contributed by atoms with E-state index in [2.05, 4.69) is 20.3 Å². The molecule has 0 saturated carbocycles. The second-order valence-corrected chi connectivity index (χ2v) is 8.49. The molecule has 1 saturated heterocycles. The van der Waals surface area contributed by atoms with Crippen LogP contribution in [-0.2, 0) is 19.1 Å². The van der Waals surface area contributed by atoms with Gasteiger partial charge in [-0.3, -0.25) is 19.0 Å². The first kappa shape index (κ1) is 26.0. The van der Waals surface area contributed by atoms with Crippen LogP contribution in [0.1, 0.15) is 36.9 Å². The maximum atomic E-state index is 13.1. The molecule has 196 valence electrons. The van der Waals surface area contributed by atoms with Crippen molar-refractivity contribution in [2.75, 3.05) is 11.9 Å². The van der Waals surface area contributed by atoms with Crippen LogP contribution in [0, 0.1) is 5.92 Å². The molecule has 1 fully saturated rings. The van der Waals surface area contributed by atoms with Crippen molar-refractivity contribution in [3.63, 3.8) is 0 Å². The number of carbonyl (C=O) groups excluding carboxylic acids is 3. The van der Waals surface area contributed by atoms with Crippen molar-refractivity contribution in [3.8, 4) is 0 Å². The number of imidazole rings is 1. The van der Waals surface area contributed by atoms with Gasteiger partial charge in [-0.1, -0.05) is 32.0 Å². The van der Waals surface area contributed by atoms with Crippen LogP contribution in [0.3, 0.4) is 0 Å². The molecule has 2 N–H and O–H groups in total. The number of benzene rings is 1. The molecule has 37 heavy (non-hydrogen) atoms. The second kappa shape index (κ2) is 10.1. The average molecular weight is 520 g/mol. The molecule has 0 aliphatic carbocycles. The van der Waals surface area contributed by atoms with Crippen LogP contribution in [0.15, 0.2) is 43.0 Å². The Kier molecular flexibility index (Phi) is 7.12. The van der Waals surface area contributed by atoms with Crippen LogP contribution in [0.4, 0.5) is 19.0 Å². The molecule has 1 aliphatic rings. The maximum Gasteiger partial charge on any atom is 0.471 e. The second-order valence-electron chi connectivity index (χ2n) is 8.49. The highest BCUT2D eigenvalue weighted by molar-refractivity contribution is 6.06. The van der Waals surface area contributed by atoms with Gasteiger partial charge in [0, 0.05) is 11.5 Å². The minimum absolute atomic E-state index is 0.0746. The molecule has 0 bridgehead atoms. The Morgan fingerprint density at radius 3 is 2.59 bits per heavy atom. The zero-order valence-corrected chi connectivity index (χ0v) is 19.7. The largest absolute Gasteiger partial charge is 0.471 e. The number of aromatic nitrogens is 4. The molecule has 0 spiro atoms. The van der Waals surface area contributed by atoms with E-state index in [0.29, 0.717) is 5.56 Å². The van der Waals surface area contributed by atoms with Crippen LogP contribution in [-0.4, -0.2) is 62.2 Å². The number of amides is 2. The topological polar surface area (TPSA) is 137 Å². The lowest BCUT2D eigenvalue weighted by Gasteiger charge is -2.31. The van der Waals surface area contributed by atoms with Crippen molar-refractivity contribution in [3.05, 3.63) is 48.5 Å². The van der Waals surface area contributed by atoms with Gasteiger partial charge in [0.2, 0.25) is 0 Å². The Labute approximate surface area is 208 Å². The molecule has 2 amide bonds. The quantitative estimate of drug-likeness (QED) is 0.433. The Hall–Kier alpha value is -4.07. The number of fused-ring (bicyclic) bond motifs is 1. The summed E-state index contributed by atoms with van der Waals surface area (Å²) in [5.74, 6) is -3.24. The van der Waals surface area contributed by atoms with Crippen molar-refractivity contribution in [1.29, 1.82) is 0 Å². The number of nitrogens with zero attached hydrogens (tertiary/aromatic N) is 4. The normalized spacial score (nSPS) is 23.5. The molecule has 1 aliphatic heterocycles. The van der Waals surface area contributed by atoms with Crippen molar-refractivity contribution >= 4 is 35.3 Å². The number of carbonyl (C=O) groups is 3. The summed E-state index contributed by atoms with van der Waals surface area (Å²) in [5.41, 5.74) is -0.532. The summed E-state index contributed by atoms with van der Waals surface area (Å²) in [5, 5.41) is 4.66. The van der Waals surface area contributed by atoms with Gasteiger partial charge in [-0.15, -0.1) is 0 Å². The van der Waals surface area contributed by atoms with E-state index in [1.54, 1.807) is 44.2 Å². The fourth-order valence-electron chi connectivity index (χ4n) is 4.40. The van der Waals surface area contributed by atoms with E-state index in [0.717, 1.165) is 6.33 Å². The highest BCUT2D eigenvalue weighted by Gasteiger charge is 2.55. The number of ether oxygens (including phenoxy) is 2. The minimum Gasteiger partial charge on any atom is -0.465 e. The Morgan fingerprint density at radius 1 is 1.22 bits per heavy atom. The fraction of sp³-hybridized carbons (Fsp3) is 0.391. The van der Waals surface area contributed by atoms with E-state index in [4.69, 9.17) is 9.47 Å². The van der Waals surface area contributed by atoms with E-state index >= 15 is 0 Å². The van der Waals surface area contributed by atoms with Crippen molar-refractivity contribution < 1.29 is 37.0 Å². The molecule has 4 rings (SSSR count). The SMILES string of the molecule is CC[C@]1(COC=O)O[C@@H](n2cnc3c(NC(=O)c4ccccc4)ncnc32)[C@@H](NC(=O)C(F)(F)F)C1C. The van der Waals surface area contributed by atoms with E-state index in [1.807, 2.05) is 5.32 Å². The lowest BCUT2D eigenvalue weighted by molar-refractivity contribution is -0.175. The summed E-state index contributed by atoms with van der Waals surface area (Å²) in [6.45, 7) is 3.29. The van der Waals surface area contributed by atoms with Gasteiger partial charge >= 0.3 is 12.1 Å². The molecule has 3 heterocycles. The molecule has 1 unspecified atom stereocenters. The number of nitrogens with one attached hydrogen (secondary N) is 2. The predicted molar refractivity (Wildman–Crippen MR) is 122 cm³/mol. The first-order valence-corrected chi connectivity index (χ1v) is 11.3. The van der Waals surface area contributed by atoms with Crippen LogP contribution < -0.4 is 10.6 Å². The van der Waals surface area contributed by atoms with Gasteiger partial charge in [-0.2, -0.15) is 13.2 Å². The van der Waals surface area contributed by atoms with Crippen molar-refractivity contribution in [1.82, 2.24) is 24.8 Å². The number of alkyl halides is 3. The van der Waals surface area contributed by atoms with Gasteiger partial charge in [0.15, 0.2) is 23.2 Å². The lowest BCUT2D eigenvalue weighted by Crippen LogP contribution is -2.50. The number of halogens is 3. The lowest BCUT2D eigenvalue weighted by atomic mass is 9.84. The van der Waals surface area contributed by atoms with Gasteiger partial charge in [-0.05, 0) is 18.6 Å². The first-order chi connectivity index (χ1) is 17.6. The summed E-state index contributed by atoms with van der Waals surface area (Å²) in [6, 6.07) is 7.18. The summed E-state index contributed by atoms with van der Waals surface area (Å²) in [4.78, 5) is 47.9. The highest BCUT2D eigenvalue weighted by Crippen LogP contribution is 2.45. The smallest absolute Gasteiger partial charge is 0.465 e. The molecule has 0 radical (unpaired) electrons. The zero-order valence-electron chi connectivity index (χ0n) is 19.7. The third-order valence-corrected chi connectivity index (χ3v) is 6.48. The van der Waals surface area contributed by atoms with E-state index < -0.39 is 41.8 Å². The highest BCUT2D eigenvalue weighted by atomic mass is 19.4. The third-order valence-electron chi connectivity index (χ3n) is 6.48. The third kappa shape index (κ3) is 4.96. The Balaban J connectivity index is 1.72. The Bertz CT molecular complexity index is 1300. The molecular formula is C23H23F3N6O5. The number of rotatable bonds is 8. The first-order valence-electron chi connectivity index (χ1n) is 11.3. The van der Waals surface area contributed by atoms with Gasteiger partial charge in [0.05, 0.1) is 12.4 Å². The summed E-state index contributed by atoms with van der Waals surface area (Å²) in [7, 11) is 0. The van der Waals surface area contributed by atoms with Crippen molar-refractivity contribution in [2.24, 2.45) is 5.92 Å². The minimum atomic E-state index is -5.13. The summed E-state index contributed by atoms with van der Waals surface area (Å²) >= 11 is 0. The molecule has 14 heteroatoms. The molecule has 1 aromatic carbocycles. The fourth-order valence-corrected chi connectivity index (χ4v) is 4.40. The Morgan fingerprint density at radius 2 is 1.95 bits per heavy atom. The average Bonchev–Trinajstić information content (AvgIpc) is 3.43. The van der Waals surface area contributed by atoms with Crippen LogP contribution >= 0.6 is 0 Å². The van der Waals surface area contributed by atoms with Gasteiger partial charge in [0.25, 0.3) is 12.4 Å². The van der Waals surface area contributed by atoms with Gasteiger partial charge in [0.1, 0.15) is 18.5 Å². The van der Waals surface area contributed by atoms with Gasteiger partial charge < -0.3 is 20.1 Å². The van der Waals surface area contributed by atoms with Crippen LogP contribution in [0.25, 0.3) is 11.2 Å².